The summed E-state index contributed by atoms with van der Waals surface area (Å²) >= 11 is 0. The van der Waals surface area contributed by atoms with Crippen LogP contribution in [-0.2, 0) is 20.9 Å². The van der Waals surface area contributed by atoms with E-state index in [1.54, 1.807) is 5.32 Å². The number of ether oxygens (including phenoxy) is 1. The Morgan fingerprint density at radius 3 is 2.52 bits per heavy atom. The lowest BCUT2D eigenvalue weighted by atomic mass is 10.4. The second kappa shape index (κ2) is 7.96. The predicted molar refractivity (Wildman–Crippen MR) is 69.3 cm³/mol. The Hall–Kier alpha value is -2.85. The quantitative estimate of drug-likeness (QED) is 0.724. The van der Waals surface area contributed by atoms with E-state index >= 15 is 0 Å². The summed E-state index contributed by atoms with van der Waals surface area (Å²) in [5, 5.41) is 2.96. The fourth-order valence-electron chi connectivity index (χ4n) is 1.31. The van der Waals surface area contributed by atoms with E-state index in [1.165, 1.54) is 29.7 Å². The summed E-state index contributed by atoms with van der Waals surface area (Å²) in [6.45, 7) is -2.93. The summed E-state index contributed by atoms with van der Waals surface area (Å²) < 4.78 is 41.0. The second-order valence-electron chi connectivity index (χ2n) is 4.17. The van der Waals surface area contributed by atoms with Gasteiger partial charge >= 0.3 is 18.2 Å². The highest BCUT2D eigenvalue weighted by Crippen LogP contribution is 2.11. The zero-order valence-corrected chi connectivity index (χ0v) is 11.6. The minimum absolute atomic E-state index is 0.451. The molecule has 0 aromatic carbocycles. The van der Waals surface area contributed by atoms with Crippen molar-refractivity contribution in [3.63, 3.8) is 0 Å². The van der Waals surface area contributed by atoms with Gasteiger partial charge in [-0.1, -0.05) is 6.07 Å². The molecule has 126 valence electrons. The Balaban J connectivity index is 2.33. The maximum absolute atomic E-state index is 11.8. The average Bonchev–Trinajstić information content (AvgIpc) is 2.45. The molecular formula is C12H12F3N3O5. The number of aromatic nitrogens is 1. The van der Waals surface area contributed by atoms with E-state index in [1.807, 2.05) is 0 Å². The van der Waals surface area contributed by atoms with Gasteiger partial charge in [0.05, 0.1) is 0 Å². The van der Waals surface area contributed by atoms with E-state index in [2.05, 4.69) is 4.74 Å². The van der Waals surface area contributed by atoms with Gasteiger partial charge in [0.15, 0.2) is 6.61 Å². The first kappa shape index (κ1) is 18.2. The number of hydrogen-bond donors (Lipinski definition) is 2. The topological polar surface area (TPSA) is 106 Å². The molecule has 0 aliphatic rings. The number of carbonyl (C=O) groups is 3. The first-order valence-corrected chi connectivity index (χ1v) is 6.13. The van der Waals surface area contributed by atoms with Crippen molar-refractivity contribution >= 4 is 17.9 Å². The molecule has 0 fully saturated rings. The molecule has 0 saturated heterocycles. The van der Waals surface area contributed by atoms with E-state index in [0.29, 0.717) is 0 Å². The smallest absolute Gasteiger partial charge is 0.405 e. The Morgan fingerprint density at radius 2 is 1.91 bits per heavy atom. The zero-order chi connectivity index (χ0) is 17.5. The van der Waals surface area contributed by atoms with Crippen LogP contribution in [0, 0.1) is 0 Å². The Bertz CT molecular complexity index is 641. The van der Waals surface area contributed by atoms with Crippen LogP contribution in [-0.4, -0.2) is 41.8 Å². The summed E-state index contributed by atoms with van der Waals surface area (Å²) in [4.78, 5) is 44.9. The van der Waals surface area contributed by atoms with Crippen molar-refractivity contribution in [2.45, 2.75) is 12.7 Å². The van der Waals surface area contributed by atoms with Crippen LogP contribution in [0.5, 0.6) is 0 Å². The van der Waals surface area contributed by atoms with Gasteiger partial charge in [-0.05, 0) is 6.07 Å². The number of hydrogen-bond acceptors (Lipinski definition) is 5. The first-order valence-electron chi connectivity index (χ1n) is 6.13. The molecule has 8 nitrogen and oxygen atoms in total. The van der Waals surface area contributed by atoms with Gasteiger partial charge in [0.1, 0.15) is 13.1 Å². The SMILES string of the molecule is O=C(COC(=O)Cn1ccccc1=O)NC(=O)NCC(F)(F)F. The van der Waals surface area contributed by atoms with Crippen LogP contribution in [0.25, 0.3) is 0 Å². The second-order valence-corrected chi connectivity index (χ2v) is 4.17. The summed E-state index contributed by atoms with van der Waals surface area (Å²) in [6, 6.07) is 2.82. The van der Waals surface area contributed by atoms with Gasteiger partial charge < -0.3 is 14.6 Å². The molecular weight excluding hydrogens is 323 g/mol. The number of pyridine rings is 1. The van der Waals surface area contributed by atoms with Crippen LogP contribution < -0.4 is 16.2 Å². The molecule has 0 atom stereocenters. The minimum Gasteiger partial charge on any atom is -0.454 e. The summed E-state index contributed by atoms with van der Waals surface area (Å²) in [5.74, 6) is -2.04. The predicted octanol–water partition coefficient (Wildman–Crippen LogP) is -0.220. The van der Waals surface area contributed by atoms with Gasteiger partial charge in [-0.2, -0.15) is 13.2 Å². The summed E-state index contributed by atoms with van der Waals surface area (Å²) in [7, 11) is 0. The van der Waals surface area contributed by atoms with Gasteiger partial charge in [0.25, 0.3) is 11.5 Å². The summed E-state index contributed by atoms with van der Waals surface area (Å²) in [6.07, 6.45) is -3.29. The van der Waals surface area contributed by atoms with Crippen molar-refractivity contribution in [3.05, 3.63) is 34.7 Å². The lowest BCUT2D eigenvalue weighted by Crippen LogP contribution is -2.44. The lowest BCUT2D eigenvalue weighted by Gasteiger charge is -2.09. The van der Waals surface area contributed by atoms with Crippen LogP contribution in [0.1, 0.15) is 0 Å². The fraction of sp³-hybridized carbons (Fsp3) is 0.333. The van der Waals surface area contributed by atoms with Gasteiger partial charge in [-0.3, -0.25) is 19.7 Å². The number of carbonyl (C=O) groups excluding carboxylic acids is 3. The number of esters is 1. The maximum atomic E-state index is 11.8. The summed E-state index contributed by atoms with van der Waals surface area (Å²) in [5.41, 5.74) is -0.458. The Kier molecular flexibility index (Phi) is 6.30. The van der Waals surface area contributed by atoms with Gasteiger partial charge in [-0.25, -0.2) is 4.79 Å². The third kappa shape index (κ3) is 7.64. The Morgan fingerprint density at radius 1 is 1.22 bits per heavy atom. The number of amides is 3. The van der Waals surface area contributed by atoms with E-state index in [-0.39, 0.29) is 0 Å². The fourth-order valence-corrected chi connectivity index (χ4v) is 1.31. The largest absolute Gasteiger partial charge is 0.454 e. The molecule has 0 unspecified atom stereocenters. The number of imide groups is 1. The molecule has 0 spiro atoms. The van der Waals surface area contributed by atoms with Crippen molar-refractivity contribution in [2.24, 2.45) is 0 Å². The standard InChI is InChI=1S/C12H12F3N3O5/c13-12(14,15)7-16-11(22)17-8(19)6-23-10(21)5-18-4-2-1-3-9(18)20/h1-4H,5-7H2,(H2,16,17,19,22). The molecule has 0 aliphatic carbocycles. The van der Waals surface area contributed by atoms with Gasteiger partial charge in [-0.15, -0.1) is 0 Å². The number of halogens is 3. The molecule has 1 aromatic rings. The van der Waals surface area contributed by atoms with Crippen LogP contribution in [0.2, 0.25) is 0 Å². The molecule has 0 saturated carbocycles. The minimum atomic E-state index is -4.62. The molecule has 1 heterocycles. The first-order chi connectivity index (χ1) is 10.7. The molecule has 0 radical (unpaired) electrons. The van der Waals surface area contributed by atoms with Crippen molar-refractivity contribution in [2.75, 3.05) is 13.2 Å². The average molecular weight is 335 g/mol. The Labute approximate surface area is 127 Å². The van der Waals surface area contributed by atoms with Gasteiger partial charge in [0, 0.05) is 12.3 Å². The van der Waals surface area contributed by atoms with Crippen LogP contribution in [0.4, 0.5) is 18.0 Å². The highest BCUT2D eigenvalue weighted by Gasteiger charge is 2.28. The molecule has 11 heteroatoms. The molecule has 23 heavy (non-hydrogen) atoms. The van der Waals surface area contributed by atoms with Crippen molar-refractivity contribution in [1.29, 1.82) is 0 Å². The van der Waals surface area contributed by atoms with E-state index in [0.717, 1.165) is 4.57 Å². The lowest BCUT2D eigenvalue weighted by molar-refractivity contribution is -0.148. The number of urea groups is 1. The molecule has 0 bridgehead atoms. The number of alkyl halides is 3. The monoisotopic (exact) mass is 335 g/mol. The van der Waals surface area contributed by atoms with Crippen molar-refractivity contribution < 1.29 is 32.3 Å². The molecule has 1 aromatic heterocycles. The van der Waals surface area contributed by atoms with Crippen molar-refractivity contribution in [1.82, 2.24) is 15.2 Å². The normalized spacial score (nSPS) is 10.7. The van der Waals surface area contributed by atoms with E-state index < -0.39 is 49.3 Å². The number of nitrogens with zero attached hydrogens (tertiary/aromatic N) is 1. The van der Waals surface area contributed by atoms with Crippen LogP contribution >= 0.6 is 0 Å². The highest BCUT2D eigenvalue weighted by atomic mass is 19.4. The van der Waals surface area contributed by atoms with Crippen LogP contribution in [0.3, 0.4) is 0 Å². The molecule has 3 amide bonds. The molecule has 2 N–H and O–H groups in total. The molecule has 0 aliphatic heterocycles. The van der Waals surface area contributed by atoms with Gasteiger partial charge in [0.2, 0.25) is 0 Å². The van der Waals surface area contributed by atoms with Crippen molar-refractivity contribution in [3.8, 4) is 0 Å². The van der Waals surface area contributed by atoms with E-state index in [4.69, 9.17) is 0 Å². The van der Waals surface area contributed by atoms with E-state index in [9.17, 15) is 32.3 Å². The third-order valence-corrected chi connectivity index (χ3v) is 2.27. The molecule has 1 rings (SSSR count). The maximum Gasteiger partial charge on any atom is 0.405 e. The van der Waals surface area contributed by atoms with Crippen LogP contribution in [0.15, 0.2) is 29.2 Å². The third-order valence-electron chi connectivity index (χ3n) is 2.27. The number of nitrogens with one attached hydrogen (secondary N) is 2. The number of rotatable bonds is 5. The highest BCUT2D eigenvalue weighted by molar-refractivity contribution is 5.95. The zero-order valence-electron chi connectivity index (χ0n) is 11.6.